The number of rotatable bonds is 5. The van der Waals surface area contributed by atoms with E-state index < -0.39 is 18.9 Å². The molecule has 0 atom stereocenters. The SMILES string of the molecule is Cc1oc(-c2ccccc2)nc1CC(=O)N(C)CC(F)F. The van der Waals surface area contributed by atoms with Gasteiger partial charge in [0.15, 0.2) is 0 Å². The minimum atomic E-state index is -2.54. The van der Waals surface area contributed by atoms with Gasteiger partial charge in [0.2, 0.25) is 11.8 Å². The van der Waals surface area contributed by atoms with Crippen molar-refractivity contribution < 1.29 is 18.0 Å². The first-order chi connectivity index (χ1) is 9.97. The fraction of sp³-hybridized carbons (Fsp3) is 0.333. The molecule has 0 aliphatic rings. The number of oxazole rings is 1. The summed E-state index contributed by atoms with van der Waals surface area (Å²) in [5.74, 6) is 0.534. The Bertz CT molecular complexity index is 611. The number of aromatic nitrogens is 1. The van der Waals surface area contributed by atoms with Crippen LogP contribution < -0.4 is 0 Å². The third-order valence-corrected chi connectivity index (χ3v) is 3.07. The predicted molar refractivity (Wildman–Crippen MR) is 74.0 cm³/mol. The maximum Gasteiger partial charge on any atom is 0.255 e. The lowest BCUT2D eigenvalue weighted by Crippen LogP contribution is -2.32. The van der Waals surface area contributed by atoms with Crippen LogP contribution in [0.1, 0.15) is 11.5 Å². The van der Waals surface area contributed by atoms with E-state index >= 15 is 0 Å². The van der Waals surface area contributed by atoms with Crippen LogP contribution in [0.3, 0.4) is 0 Å². The van der Waals surface area contributed by atoms with Crippen LogP contribution in [0.4, 0.5) is 8.78 Å². The van der Waals surface area contributed by atoms with Gasteiger partial charge in [-0.25, -0.2) is 13.8 Å². The molecule has 1 amide bonds. The molecule has 0 saturated heterocycles. The molecule has 2 rings (SSSR count). The number of benzene rings is 1. The van der Waals surface area contributed by atoms with Crippen molar-refractivity contribution in [1.82, 2.24) is 9.88 Å². The van der Waals surface area contributed by atoms with Crippen LogP contribution >= 0.6 is 0 Å². The summed E-state index contributed by atoms with van der Waals surface area (Å²) in [4.78, 5) is 17.1. The van der Waals surface area contributed by atoms with Gasteiger partial charge >= 0.3 is 0 Å². The highest BCUT2D eigenvalue weighted by Crippen LogP contribution is 2.21. The van der Waals surface area contributed by atoms with Crippen LogP contribution in [0.5, 0.6) is 0 Å². The summed E-state index contributed by atoms with van der Waals surface area (Å²) in [6.45, 7) is 1.12. The van der Waals surface area contributed by atoms with E-state index in [1.54, 1.807) is 6.92 Å². The molecule has 0 fully saturated rings. The Hall–Kier alpha value is -2.24. The van der Waals surface area contributed by atoms with E-state index in [0.29, 0.717) is 17.3 Å². The summed E-state index contributed by atoms with van der Waals surface area (Å²) < 4.78 is 30.1. The number of likely N-dealkylation sites (N-methyl/N-ethyl adjacent to an activating group) is 1. The lowest BCUT2D eigenvalue weighted by molar-refractivity contribution is -0.130. The molecule has 0 saturated carbocycles. The van der Waals surface area contributed by atoms with Crippen LogP contribution in [0.25, 0.3) is 11.5 Å². The Kier molecular flexibility index (Phi) is 4.67. The Morgan fingerprint density at radius 3 is 2.62 bits per heavy atom. The van der Waals surface area contributed by atoms with Gasteiger partial charge < -0.3 is 9.32 Å². The summed E-state index contributed by atoms with van der Waals surface area (Å²) in [6, 6.07) is 9.29. The maximum absolute atomic E-state index is 12.3. The topological polar surface area (TPSA) is 46.3 Å². The molecule has 21 heavy (non-hydrogen) atoms. The zero-order valence-electron chi connectivity index (χ0n) is 11.8. The first-order valence-corrected chi connectivity index (χ1v) is 6.51. The fourth-order valence-corrected chi connectivity index (χ4v) is 1.88. The number of aryl methyl sites for hydroxylation is 1. The highest BCUT2D eigenvalue weighted by atomic mass is 19.3. The van der Waals surface area contributed by atoms with Gasteiger partial charge in [0.25, 0.3) is 6.43 Å². The van der Waals surface area contributed by atoms with E-state index in [1.807, 2.05) is 30.3 Å². The Balaban J connectivity index is 2.11. The molecule has 0 spiro atoms. The van der Waals surface area contributed by atoms with Crippen LogP contribution in [0.2, 0.25) is 0 Å². The molecule has 112 valence electrons. The molecule has 1 aromatic carbocycles. The number of hydrogen-bond acceptors (Lipinski definition) is 3. The summed E-state index contributed by atoms with van der Waals surface area (Å²) in [7, 11) is 1.35. The predicted octanol–water partition coefficient (Wildman–Crippen LogP) is 2.92. The molecule has 0 unspecified atom stereocenters. The van der Waals surface area contributed by atoms with Crippen LogP contribution in [0, 0.1) is 6.92 Å². The monoisotopic (exact) mass is 294 g/mol. The Morgan fingerprint density at radius 2 is 2.00 bits per heavy atom. The Labute approximate surface area is 121 Å². The van der Waals surface area contributed by atoms with Gasteiger partial charge in [-0.2, -0.15) is 0 Å². The molecule has 2 aromatic rings. The van der Waals surface area contributed by atoms with Crippen molar-refractivity contribution in [1.29, 1.82) is 0 Å². The molecule has 0 radical (unpaired) electrons. The smallest absolute Gasteiger partial charge is 0.255 e. The minimum absolute atomic E-state index is 0.0502. The van der Waals surface area contributed by atoms with Gasteiger partial charge in [0.05, 0.1) is 18.7 Å². The highest BCUT2D eigenvalue weighted by molar-refractivity contribution is 5.78. The molecule has 6 heteroatoms. The number of amides is 1. The number of nitrogens with zero attached hydrogens (tertiary/aromatic N) is 2. The summed E-state index contributed by atoms with van der Waals surface area (Å²) in [6.07, 6.45) is -2.59. The molecule has 0 aliphatic heterocycles. The average molecular weight is 294 g/mol. The van der Waals surface area contributed by atoms with Crippen molar-refractivity contribution >= 4 is 5.91 Å². The number of alkyl halides is 2. The number of halogens is 2. The quantitative estimate of drug-likeness (QED) is 0.852. The van der Waals surface area contributed by atoms with Crippen LogP contribution in [-0.4, -0.2) is 35.8 Å². The second-order valence-electron chi connectivity index (χ2n) is 4.73. The molecular formula is C15H16F2N2O2. The third kappa shape index (κ3) is 3.87. The standard InChI is InChI=1S/C15H16F2N2O2/c1-10-12(8-14(20)19(2)9-13(16)17)18-15(21-10)11-6-4-3-5-7-11/h3-7,13H,8-9H2,1-2H3. The second kappa shape index (κ2) is 6.47. The summed E-state index contributed by atoms with van der Waals surface area (Å²) >= 11 is 0. The summed E-state index contributed by atoms with van der Waals surface area (Å²) in [5, 5.41) is 0. The molecule has 0 bridgehead atoms. The summed E-state index contributed by atoms with van der Waals surface area (Å²) in [5.41, 5.74) is 1.28. The van der Waals surface area contributed by atoms with Crippen LogP contribution in [0.15, 0.2) is 34.7 Å². The Morgan fingerprint density at radius 1 is 1.33 bits per heavy atom. The normalized spacial score (nSPS) is 10.9. The van der Waals surface area contributed by atoms with Gasteiger partial charge in [-0.1, -0.05) is 18.2 Å². The molecule has 4 nitrogen and oxygen atoms in total. The van der Waals surface area contributed by atoms with Gasteiger partial charge in [-0.3, -0.25) is 4.79 Å². The van der Waals surface area contributed by atoms with E-state index in [2.05, 4.69) is 4.98 Å². The van der Waals surface area contributed by atoms with Gasteiger partial charge in [-0.15, -0.1) is 0 Å². The van der Waals surface area contributed by atoms with Crippen molar-refractivity contribution in [2.75, 3.05) is 13.6 Å². The van der Waals surface area contributed by atoms with E-state index in [1.165, 1.54) is 7.05 Å². The van der Waals surface area contributed by atoms with Crippen molar-refractivity contribution in [3.05, 3.63) is 41.8 Å². The lowest BCUT2D eigenvalue weighted by atomic mass is 10.2. The highest BCUT2D eigenvalue weighted by Gasteiger charge is 2.19. The van der Waals surface area contributed by atoms with E-state index in [-0.39, 0.29) is 6.42 Å². The number of carbonyl (C=O) groups is 1. The third-order valence-electron chi connectivity index (χ3n) is 3.07. The maximum atomic E-state index is 12.3. The average Bonchev–Trinajstić information content (AvgIpc) is 2.80. The fourth-order valence-electron chi connectivity index (χ4n) is 1.88. The number of carbonyl (C=O) groups excluding carboxylic acids is 1. The molecule has 0 N–H and O–H groups in total. The van der Waals surface area contributed by atoms with Gasteiger partial charge in [0, 0.05) is 12.6 Å². The van der Waals surface area contributed by atoms with Gasteiger partial charge in [0.1, 0.15) is 5.76 Å². The van der Waals surface area contributed by atoms with E-state index in [0.717, 1.165) is 10.5 Å². The van der Waals surface area contributed by atoms with Crippen molar-refractivity contribution in [2.45, 2.75) is 19.8 Å². The van der Waals surface area contributed by atoms with Crippen molar-refractivity contribution in [3.63, 3.8) is 0 Å². The van der Waals surface area contributed by atoms with Crippen molar-refractivity contribution in [3.8, 4) is 11.5 Å². The first-order valence-electron chi connectivity index (χ1n) is 6.51. The molecule has 1 heterocycles. The molecule has 1 aromatic heterocycles. The zero-order chi connectivity index (χ0) is 15.4. The minimum Gasteiger partial charge on any atom is -0.441 e. The number of hydrogen-bond donors (Lipinski definition) is 0. The van der Waals surface area contributed by atoms with E-state index in [9.17, 15) is 13.6 Å². The zero-order valence-corrected chi connectivity index (χ0v) is 11.8. The lowest BCUT2D eigenvalue weighted by Gasteiger charge is -2.15. The largest absolute Gasteiger partial charge is 0.441 e. The van der Waals surface area contributed by atoms with E-state index in [4.69, 9.17) is 4.42 Å². The van der Waals surface area contributed by atoms with Crippen molar-refractivity contribution in [2.24, 2.45) is 0 Å². The van der Waals surface area contributed by atoms with Crippen LogP contribution in [-0.2, 0) is 11.2 Å². The van der Waals surface area contributed by atoms with Gasteiger partial charge in [-0.05, 0) is 19.1 Å². The first kappa shape index (κ1) is 15.2. The second-order valence-corrected chi connectivity index (χ2v) is 4.73. The molecular weight excluding hydrogens is 278 g/mol. The molecule has 0 aliphatic carbocycles.